The van der Waals surface area contributed by atoms with Gasteiger partial charge in [-0.3, -0.25) is 9.35 Å². The number of rotatable bonds is 2. The molecule has 2 rings (SSSR count). The van der Waals surface area contributed by atoms with Crippen molar-refractivity contribution in [2.45, 2.75) is 24.2 Å². The summed E-state index contributed by atoms with van der Waals surface area (Å²) in [7, 11) is -6.97. The Balaban J connectivity index is 0.000000597. The summed E-state index contributed by atoms with van der Waals surface area (Å²) in [6.07, 6.45) is 5.33. The van der Waals surface area contributed by atoms with Gasteiger partial charge >= 0.3 is 0 Å². The molecule has 0 radical (unpaired) electrons. The number of benzene rings is 1. The molecule has 0 unspecified atom stereocenters. The Morgan fingerprint density at radius 3 is 2.19 bits per heavy atom. The van der Waals surface area contributed by atoms with Crippen molar-refractivity contribution in [3.63, 3.8) is 0 Å². The first kappa shape index (κ1) is 21.8. The van der Waals surface area contributed by atoms with Crippen molar-refractivity contribution in [1.29, 1.82) is 0 Å². The van der Waals surface area contributed by atoms with Crippen LogP contribution in [0.25, 0.3) is 6.08 Å². The Kier molecular flexibility index (Phi) is 7.07. The molecule has 0 aromatic heterocycles. The molecule has 26 heavy (non-hydrogen) atoms. The number of hydrogen-bond donors (Lipinski definition) is 3. The van der Waals surface area contributed by atoms with Crippen LogP contribution < -0.4 is 11.5 Å². The molecule has 0 bridgehead atoms. The van der Waals surface area contributed by atoms with Gasteiger partial charge in [0.25, 0.3) is 16.0 Å². The Labute approximate surface area is 152 Å². The molecule has 0 atom stereocenters. The molecule has 11 heteroatoms. The molecular weight excluding hydrogens is 382 g/mol. The van der Waals surface area contributed by atoms with Crippen molar-refractivity contribution in [2.75, 3.05) is 12.5 Å². The van der Waals surface area contributed by atoms with E-state index >= 15 is 0 Å². The van der Waals surface area contributed by atoms with Crippen LogP contribution in [0.4, 0.5) is 0 Å². The molecule has 9 nitrogen and oxygen atoms in total. The Bertz CT molecular complexity index is 951. The standard InChI is InChI=1S/C14H17N3O3S.CH4O3S/c1-21(19,20)12-7-3-4-9-8-10(5-2-6-11(9)12)13(18)17-14(15)16;1-5(2,3)4/h3-4,7-8H,2,5-6H2,1H3,(H4,15,16,17,18);1H3,(H,2,3,4). The third-order valence-corrected chi connectivity index (χ3v) is 4.46. The number of sulfone groups is 1. The van der Waals surface area contributed by atoms with Gasteiger partial charge < -0.3 is 11.5 Å². The summed E-state index contributed by atoms with van der Waals surface area (Å²) in [4.78, 5) is 15.8. The van der Waals surface area contributed by atoms with Crippen molar-refractivity contribution in [2.24, 2.45) is 16.5 Å². The topological polar surface area (TPSA) is 170 Å². The maximum Gasteiger partial charge on any atom is 0.276 e. The van der Waals surface area contributed by atoms with Gasteiger partial charge in [-0.15, -0.1) is 0 Å². The van der Waals surface area contributed by atoms with Gasteiger partial charge in [-0.25, -0.2) is 8.42 Å². The van der Waals surface area contributed by atoms with E-state index in [2.05, 4.69) is 4.99 Å². The highest BCUT2D eigenvalue weighted by Crippen LogP contribution is 2.28. The number of amides is 1. The van der Waals surface area contributed by atoms with Gasteiger partial charge in [0, 0.05) is 11.8 Å². The van der Waals surface area contributed by atoms with Gasteiger partial charge in [-0.1, -0.05) is 12.1 Å². The quantitative estimate of drug-likeness (QED) is 0.355. The zero-order chi connectivity index (χ0) is 20.1. The van der Waals surface area contributed by atoms with Crippen LogP contribution in [-0.4, -0.2) is 45.8 Å². The van der Waals surface area contributed by atoms with E-state index in [1.54, 1.807) is 24.3 Å². The molecule has 0 aliphatic heterocycles. The number of aliphatic imine (C=N–C) groups is 1. The molecule has 0 saturated heterocycles. The fraction of sp³-hybridized carbons (Fsp3) is 0.333. The van der Waals surface area contributed by atoms with E-state index in [0.717, 1.165) is 11.1 Å². The molecule has 0 fully saturated rings. The lowest BCUT2D eigenvalue weighted by molar-refractivity contribution is -0.114. The molecule has 0 spiro atoms. The lowest BCUT2D eigenvalue weighted by atomic mass is 10.0. The molecular formula is C15H21N3O6S2. The summed E-state index contributed by atoms with van der Waals surface area (Å²) in [5, 5.41) is 0. The minimum Gasteiger partial charge on any atom is -0.370 e. The maximum atomic E-state index is 11.9. The first-order valence-electron chi connectivity index (χ1n) is 7.38. The summed E-state index contributed by atoms with van der Waals surface area (Å²) in [6.45, 7) is 0. The van der Waals surface area contributed by atoms with E-state index in [4.69, 9.17) is 16.0 Å². The van der Waals surface area contributed by atoms with Crippen LogP contribution in [0.2, 0.25) is 0 Å². The largest absolute Gasteiger partial charge is 0.370 e. The molecule has 1 aromatic carbocycles. The highest BCUT2D eigenvalue weighted by Gasteiger charge is 2.20. The Morgan fingerprint density at radius 1 is 1.12 bits per heavy atom. The molecule has 144 valence electrons. The average Bonchev–Trinajstić information content (AvgIpc) is 2.65. The van der Waals surface area contributed by atoms with E-state index < -0.39 is 25.9 Å². The third kappa shape index (κ3) is 7.33. The van der Waals surface area contributed by atoms with Crippen molar-refractivity contribution in [1.82, 2.24) is 0 Å². The summed E-state index contributed by atoms with van der Waals surface area (Å²) in [6, 6.07) is 5.04. The normalized spacial score (nSPS) is 14.0. The van der Waals surface area contributed by atoms with Crippen molar-refractivity contribution in [3.05, 3.63) is 34.9 Å². The van der Waals surface area contributed by atoms with Crippen LogP contribution in [-0.2, 0) is 31.2 Å². The molecule has 1 amide bonds. The van der Waals surface area contributed by atoms with Gasteiger partial charge in [-0.05, 0) is 42.5 Å². The molecule has 1 aliphatic rings. The lowest BCUT2D eigenvalue weighted by Crippen LogP contribution is -2.24. The highest BCUT2D eigenvalue weighted by atomic mass is 32.2. The molecule has 5 N–H and O–H groups in total. The first-order valence-corrected chi connectivity index (χ1v) is 11.1. The van der Waals surface area contributed by atoms with Crippen molar-refractivity contribution >= 4 is 37.9 Å². The fourth-order valence-electron chi connectivity index (χ4n) is 2.41. The minimum atomic E-state index is -3.67. The number of guanidine groups is 1. The lowest BCUT2D eigenvalue weighted by Gasteiger charge is -2.09. The first-order chi connectivity index (χ1) is 11.8. The molecule has 0 saturated carbocycles. The SMILES string of the molecule is CS(=O)(=O)O.CS(=O)(=O)c1cccc2c1CCCC(C(=O)N=C(N)N)=C2. The number of nitrogens with zero attached hydrogens (tertiary/aromatic N) is 1. The second-order valence-electron chi connectivity index (χ2n) is 5.69. The number of carbonyl (C=O) groups is 1. The van der Waals surface area contributed by atoms with E-state index in [1.807, 2.05) is 0 Å². The number of fused-ring (bicyclic) bond motifs is 1. The minimum absolute atomic E-state index is 0.282. The highest BCUT2D eigenvalue weighted by molar-refractivity contribution is 7.90. The third-order valence-electron chi connectivity index (χ3n) is 3.28. The van der Waals surface area contributed by atoms with Crippen LogP contribution in [0.3, 0.4) is 0 Å². The fourth-order valence-corrected chi connectivity index (χ4v) is 3.40. The Hall–Kier alpha value is -2.24. The summed E-state index contributed by atoms with van der Waals surface area (Å²) in [5.41, 5.74) is 12.4. The smallest absolute Gasteiger partial charge is 0.276 e. The van der Waals surface area contributed by atoms with Crippen LogP contribution >= 0.6 is 0 Å². The van der Waals surface area contributed by atoms with Gasteiger partial charge in [0.2, 0.25) is 0 Å². The number of hydrogen-bond acceptors (Lipinski definition) is 5. The predicted molar refractivity (Wildman–Crippen MR) is 98.8 cm³/mol. The molecule has 1 aromatic rings. The monoisotopic (exact) mass is 403 g/mol. The van der Waals surface area contributed by atoms with E-state index in [-0.39, 0.29) is 5.96 Å². The zero-order valence-corrected chi connectivity index (χ0v) is 16.0. The van der Waals surface area contributed by atoms with E-state index in [0.29, 0.717) is 36.0 Å². The maximum absolute atomic E-state index is 11.9. The summed E-state index contributed by atoms with van der Waals surface area (Å²) in [5.74, 6) is -0.761. The van der Waals surface area contributed by atoms with Crippen molar-refractivity contribution in [3.8, 4) is 0 Å². The summed E-state index contributed by atoms with van der Waals surface area (Å²) < 4.78 is 49.5. The van der Waals surface area contributed by atoms with Crippen LogP contribution in [0.15, 0.2) is 33.7 Å². The van der Waals surface area contributed by atoms with Crippen molar-refractivity contribution < 1.29 is 26.2 Å². The number of carbonyl (C=O) groups excluding carboxylic acids is 1. The van der Waals surface area contributed by atoms with E-state index in [9.17, 15) is 21.6 Å². The van der Waals surface area contributed by atoms with Gasteiger partial charge in [-0.2, -0.15) is 13.4 Å². The average molecular weight is 403 g/mol. The molecule has 0 heterocycles. The number of nitrogens with two attached hydrogens (primary N) is 2. The summed E-state index contributed by atoms with van der Waals surface area (Å²) >= 11 is 0. The Morgan fingerprint density at radius 2 is 1.69 bits per heavy atom. The second kappa shape index (κ2) is 8.43. The second-order valence-corrected chi connectivity index (χ2v) is 9.14. The van der Waals surface area contributed by atoms with Gasteiger partial charge in [0.1, 0.15) is 0 Å². The van der Waals surface area contributed by atoms with Crippen LogP contribution in [0.1, 0.15) is 24.0 Å². The predicted octanol–water partition coefficient (Wildman–Crippen LogP) is 0.114. The van der Waals surface area contributed by atoms with Gasteiger partial charge in [0.05, 0.1) is 11.2 Å². The van der Waals surface area contributed by atoms with Gasteiger partial charge in [0.15, 0.2) is 15.8 Å². The van der Waals surface area contributed by atoms with Crippen LogP contribution in [0.5, 0.6) is 0 Å². The zero-order valence-electron chi connectivity index (χ0n) is 14.3. The van der Waals surface area contributed by atoms with Crippen LogP contribution in [0, 0.1) is 0 Å². The molecule has 1 aliphatic carbocycles. The van der Waals surface area contributed by atoms with E-state index in [1.165, 1.54) is 6.26 Å².